The third kappa shape index (κ3) is 3.01. The number of hydrogen-bond acceptors (Lipinski definition) is 1. The van der Waals surface area contributed by atoms with E-state index in [2.05, 4.69) is 19.1 Å². The summed E-state index contributed by atoms with van der Waals surface area (Å²) in [6.07, 6.45) is 9.08. The fourth-order valence-electron chi connectivity index (χ4n) is 3.35. The number of aldehydes is 1. The van der Waals surface area contributed by atoms with Crippen LogP contribution in [0.4, 0.5) is 0 Å². The Morgan fingerprint density at radius 1 is 1.33 bits per heavy atom. The molecule has 18 heavy (non-hydrogen) atoms. The predicted molar refractivity (Wildman–Crippen MR) is 76.2 cm³/mol. The van der Waals surface area contributed by atoms with Gasteiger partial charge >= 0.3 is 0 Å². The van der Waals surface area contributed by atoms with Crippen LogP contribution in [0.25, 0.3) is 0 Å². The summed E-state index contributed by atoms with van der Waals surface area (Å²) < 4.78 is 0. The highest BCUT2D eigenvalue weighted by Crippen LogP contribution is 2.38. The van der Waals surface area contributed by atoms with Gasteiger partial charge < -0.3 is 0 Å². The highest BCUT2D eigenvalue weighted by molar-refractivity contribution is 5.77. The molecular formula is C17H24O. The molecule has 1 nitrogen and oxygen atoms in total. The van der Waals surface area contributed by atoms with E-state index in [1.807, 2.05) is 13.0 Å². The average Bonchev–Trinajstić information content (AvgIpc) is 2.39. The number of carbonyl (C=O) groups is 1. The van der Waals surface area contributed by atoms with E-state index in [0.717, 1.165) is 29.2 Å². The Kier molecular flexibility index (Phi) is 4.57. The first-order chi connectivity index (χ1) is 8.74. The fraction of sp³-hybridized carbons (Fsp3) is 0.588. The maximum Gasteiger partial charge on any atom is 0.150 e. The van der Waals surface area contributed by atoms with Crippen LogP contribution < -0.4 is 0 Å². The molecule has 2 atom stereocenters. The quantitative estimate of drug-likeness (QED) is 0.690. The lowest BCUT2D eigenvalue weighted by atomic mass is 9.76. The number of rotatable bonds is 4. The molecule has 2 rings (SSSR count). The van der Waals surface area contributed by atoms with Crippen molar-refractivity contribution in [3.8, 4) is 0 Å². The molecule has 1 aromatic rings. The van der Waals surface area contributed by atoms with E-state index >= 15 is 0 Å². The number of aryl methyl sites for hydroxylation is 1. The second kappa shape index (κ2) is 6.17. The molecule has 0 bridgehead atoms. The van der Waals surface area contributed by atoms with Crippen molar-refractivity contribution in [1.29, 1.82) is 0 Å². The van der Waals surface area contributed by atoms with Crippen molar-refractivity contribution in [3.05, 3.63) is 34.9 Å². The predicted octanol–water partition coefficient (Wildman–Crippen LogP) is 4.88. The van der Waals surface area contributed by atoms with Gasteiger partial charge in [-0.3, -0.25) is 4.79 Å². The van der Waals surface area contributed by atoms with Gasteiger partial charge in [-0.05, 0) is 42.7 Å². The van der Waals surface area contributed by atoms with E-state index < -0.39 is 0 Å². The van der Waals surface area contributed by atoms with Crippen LogP contribution in [0.3, 0.4) is 0 Å². The zero-order chi connectivity index (χ0) is 13.0. The van der Waals surface area contributed by atoms with Gasteiger partial charge in [-0.2, -0.15) is 0 Å². The summed E-state index contributed by atoms with van der Waals surface area (Å²) in [7, 11) is 0. The topological polar surface area (TPSA) is 17.1 Å². The Morgan fingerprint density at radius 3 is 2.83 bits per heavy atom. The van der Waals surface area contributed by atoms with Gasteiger partial charge in [0.2, 0.25) is 0 Å². The van der Waals surface area contributed by atoms with Crippen LogP contribution in [-0.2, 0) is 0 Å². The van der Waals surface area contributed by atoms with Gasteiger partial charge in [0.15, 0.2) is 0 Å². The maximum atomic E-state index is 10.9. The van der Waals surface area contributed by atoms with Crippen LogP contribution >= 0.6 is 0 Å². The minimum Gasteiger partial charge on any atom is -0.298 e. The number of benzene rings is 1. The second-order valence-electron chi connectivity index (χ2n) is 5.75. The molecule has 1 aliphatic carbocycles. The smallest absolute Gasteiger partial charge is 0.150 e. The molecule has 0 N–H and O–H groups in total. The SMILES string of the molecule is CCCC1CCCC(c2ccc(C=O)c(C)c2)C1. The zero-order valence-corrected chi connectivity index (χ0v) is 11.6. The van der Waals surface area contributed by atoms with Crippen LogP contribution in [0.5, 0.6) is 0 Å². The molecule has 1 aromatic carbocycles. The van der Waals surface area contributed by atoms with E-state index in [1.165, 1.54) is 44.1 Å². The van der Waals surface area contributed by atoms with Crippen molar-refractivity contribution < 1.29 is 4.79 Å². The molecule has 1 fully saturated rings. The molecule has 0 spiro atoms. The third-order valence-electron chi connectivity index (χ3n) is 4.37. The Labute approximate surface area is 111 Å². The molecule has 0 aromatic heterocycles. The minimum absolute atomic E-state index is 0.717. The lowest BCUT2D eigenvalue weighted by Gasteiger charge is -2.29. The highest BCUT2D eigenvalue weighted by atomic mass is 16.1. The van der Waals surface area contributed by atoms with Crippen LogP contribution in [0.15, 0.2) is 18.2 Å². The summed E-state index contributed by atoms with van der Waals surface area (Å²) in [4.78, 5) is 10.9. The molecule has 2 unspecified atom stereocenters. The first-order valence-corrected chi connectivity index (χ1v) is 7.30. The van der Waals surface area contributed by atoms with Crippen molar-refractivity contribution in [2.24, 2.45) is 5.92 Å². The maximum absolute atomic E-state index is 10.9. The number of hydrogen-bond donors (Lipinski definition) is 0. The van der Waals surface area contributed by atoms with Crippen molar-refractivity contribution >= 4 is 6.29 Å². The van der Waals surface area contributed by atoms with Crippen LogP contribution in [0.2, 0.25) is 0 Å². The van der Waals surface area contributed by atoms with E-state index in [-0.39, 0.29) is 0 Å². The lowest BCUT2D eigenvalue weighted by molar-refractivity contribution is 0.112. The first kappa shape index (κ1) is 13.3. The summed E-state index contributed by atoms with van der Waals surface area (Å²) in [6.45, 7) is 4.33. The van der Waals surface area contributed by atoms with Crippen molar-refractivity contribution in [2.45, 2.75) is 58.3 Å². The summed E-state index contributed by atoms with van der Waals surface area (Å²) in [5.74, 6) is 1.63. The lowest BCUT2D eigenvalue weighted by Crippen LogP contribution is -2.14. The molecule has 1 saturated carbocycles. The monoisotopic (exact) mass is 244 g/mol. The average molecular weight is 244 g/mol. The van der Waals surface area contributed by atoms with Gasteiger partial charge in [0, 0.05) is 5.56 Å². The molecule has 0 saturated heterocycles. The number of carbonyl (C=O) groups excluding carboxylic acids is 1. The molecule has 0 heterocycles. The van der Waals surface area contributed by atoms with Crippen LogP contribution in [0, 0.1) is 12.8 Å². The fourth-order valence-corrected chi connectivity index (χ4v) is 3.35. The van der Waals surface area contributed by atoms with E-state index in [4.69, 9.17) is 0 Å². The zero-order valence-electron chi connectivity index (χ0n) is 11.6. The van der Waals surface area contributed by atoms with E-state index in [9.17, 15) is 4.79 Å². The molecular weight excluding hydrogens is 220 g/mol. The van der Waals surface area contributed by atoms with E-state index in [0.29, 0.717) is 0 Å². The van der Waals surface area contributed by atoms with Gasteiger partial charge in [0.1, 0.15) is 6.29 Å². The van der Waals surface area contributed by atoms with Gasteiger partial charge in [-0.1, -0.05) is 50.8 Å². The second-order valence-corrected chi connectivity index (χ2v) is 5.75. The summed E-state index contributed by atoms with van der Waals surface area (Å²) in [6, 6.07) is 6.37. The standard InChI is InChI=1S/C17H24O/c1-3-5-14-6-4-7-15(11-14)16-8-9-17(12-18)13(2)10-16/h8-10,12,14-15H,3-7,11H2,1-2H3. The Bertz CT molecular complexity index is 406. The summed E-state index contributed by atoms with van der Waals surface area (Å²) in [5, 5.41) is 0. The van der Waals surface area contributed by atoms with E-state index in [1.54, 1.807) is 0 Å². The highest BCUT2D eigenvalue weighted by Gasteiger charge is 2.22. The molecule has 1 heteroatoms. The Morgan fingerprint density at radius 2 is 2.17 bits per heavy atom. The normalized spacial score (nSPS) is 23.9. The molecule has 1 aliphatic rings. The van der Waals surface area contributed by atoms with Gasteiger partial charge in [0.05, 0.1) is 0 Å². The molecule has 0 amide bonds. The van der Waals surface area contributed by atoms with Crippen molar-refractivity contribution in [2.75, 3.05) is 0 Å². The molecule has 98 valence electrons. The van der Waals surface area contributed by atoms with Gasteiger partial charge in [-0.25, -0.2) is 0 Å². The molecule has 0 radical (unpaired) electrons. The third-order valence-corrected chi connectivity index (χ3v) is 4.37. The summed E-state index contributed by atoms with van der Waals surface area (Å²) in [5.41, 5.74) is 3.40. The Hall–Kier alpha value is -1.11. The molecule has 0 aliphatic heterocycles. The van der Waals surface area contributed by atoms with Crippen LogP contribution in [0.1, 0.15) is 72.9 Å². The largest absolute Gasteiger partial charge is 0.298 e. The van der Waals surface area contributed by atoms with Crippen LogP contribution in [-0.4, -0.2) is 6.29 Å². The van der Waals surface area contributed by atoms with Crippen molar-refractivity contribution in [1.82, 2.24) is 0 Å². The first-order valence-electron chi connectivity index (χ1n) is 7.30. The van der Waals surface area contributed by atoms with Crippen molar-refractivity contribution in [3.63, 3.8) is 0 Å². The Balaban J connectivity index is 2.10. The van der Waals surface area contributed by atoms with Gasteiger partial charge in [-0.15, -0.1) is 0 Å². The minimum atomic E-state index is 0.717. The summed E-state index contributed by atoms with van der Waals surface area (Å²) >= 11 is 0. The van der Waals surface area contributed by atoms with Gasteiger partial charge in [0.25, 0.3) is 0 Å².